The molecule has 80 valence electrons. The van der Waals surface area contributed by atoms with E-state index in [9.17, 15) is 4.79 Å². The molecule has 0 spiro atoms. The first-order chi connectivity index (χ1) is 6.84. The van der Waals surface area contributed by atoms with Crippen LogP contribution in [0.2, 0.25) is 0 Å². The number of unbranched alkanes of at least 4 members (excludes halogenated alkanes) is 4. The highest BCUT2D eigenvalue weighted by Gasteiger charge is 2.22. The Hall–Kier alpha value is -0.790. The molecule has 0 bridgehead atoms. The van der Waals surface area contributed by atoms with E-state index in [0.29, 0.717) is 6.61 Å². The maximum absolute atomic E-state index is 11.1. The van der Waals surface area contributed by atoms with E-state index in [1.165, 1.54) is 25.7 Å². The molecule has 1 heterocycles. The zero-order valence-corrected chi connectivity index (χ0v) is 9.00. The van der Waals surface area contributed by atoms with Crippen LogP contribution in [0, 0.1) is 5.92 Å². The van der Waals surface area contributed by atoms with Gasteiger partial charge in [0, 0.05) is 0 Å². The fourth-order valence-corrected chi connectivity index (χ4v) is 1.64. The number of carbonyl (C=O) groups is 1. The Morgan fingerprint density at radius 2 is 2.29 bits per heavy atom. The van der Waals surface area contributed by atoms with Gasteiger partial charge in [0.2, 0.25) is 0 Å². The van der Waals surface area contributed by atoms with Gasteiger partial charge in [-0.05, 0) is 19.3 Å². The summed E-state index contributed by atoms with van der Waals surface area (Å²) in [5.41, 5.74) is 0. The molecule has 2 heteroatoms. The quantitative estimate of drug-likeness (QED) is 0.371. The average molecular weight is 196 g/mol. The highest BCUT2D eigenvalue weighted by Crippen LogP contribution is 2.16. The van der Waals surface area contributed by atoms with E-state index in [1.54, 1.807) is 0 Å². The summed E-state index contributed by atoms with van der Waals surface area (Å²) in [6.45, 7) is 2.81. The van der Waals surface area contributed by atoms with Crippen LogP contribution in [0.3, 0.4) is 0 Å². The zero-order valence-electron chi connectivity index (χ0n) is 9.00. The third kappa shape index (κ3) is 3.95. The second-order valence-corrected chi connectivity index (χ2v) is 3.84. The molecule has 1 aliphatic rings. The molecule has 0 radical (unpaired) electrons. The van der Waals surface area contributed by atoms with Gasteiger partial charge in [-0.15, -0.1) is 0 Å². The summed E-state index contributed by atoms with van der Waals surface area (Å²) in [5.74, 6) is -0.00372. The molecule has 1 fully saturated rings. The Morgan fingerprint density at radius 3 is 2.93 bits per heavy atom. The van der Waals surface area contributed by atoms with Gasteiger partial charge in [0.25, 0.3) is 0 Å². The third-order valence-electron chi connectivity index (χ3n) is 2.57. The monoisotopic (exact) mass is 196 g/mol. The van der Waals surface area contributed by atoms with E-state index in [2.05, 4.69) is 13.0 Å². The molecule has 1 atom stereocenters. The van der Waals surface area contributed by atoms with Crippen molar-refractivity contribution >= 4 is 5.97 Å². The molecule has 1 rings (SSSR count). The van der Waals surface area contributed by atoms with Gasteiger partial charge in [0.1, 0.15) is 0 Å². The van der Waals surface area contributed by atoms with Crippen molar-refractivity contribution in [3.63, 3.8) is 0 Å². The molecule has 1 unspecified atom stereocenters. The van der Waals surface area contributed by atoms with Crippen LogP contribution in [0.15, 0.2) is 12.2 Å². The summed E-state index contributed by atoms with van der Waals surface area (Å²) < 4.78 is 4.87. The zero-order chi connectivity index (χ0) is 10.2. The molecule has 1 saturated heterocycles. The van der Waals surface area contributed by atoms with Crippen molar-refractivity contribution in [2.24, 2.45) is 5.92 Å². The highest BCUT2D eigenvalue weighted by molar-refractivity contribution is 5.76. The smallest absolute Gasteiger partial charge is 0.312 e. The molecule has 0 aliphatic carbocycles. The number of esters is 1. The summed E-state index contributed by atoms with van der Waals surface area (Å²) >= 11 is 0. The minimum atomic E-state index is -0.0465. The SMILES string of the molecule is CCCCCC/C=C/C1CCOC1=O. The number of allylic oxidation sites excluding steroid dienone is 1. The first-order valence-corrected chi connectivity index (χ1v) is 5.68. The van der Waals surface area contributed by atoms with E-state index >= 15 is 0 Å². The van der Waals surface area contributed by atoms with E-state index in [-0.39, 0.29) is 11.9 Å². The fourth-order valence-electron chi connectivity index (χ4n) is 1.64. The van der Waals surface area contributed by atoms with Gasteiger partial charge < -0.3 is 4.74 Å². The summed E-state index contributed by atoms with van der Waals surface area (Å²) in [6, 6.07) is 0. The van der Waals surface area contributed by atoms with Crippen LogP contribution in [0.5, 0.6) is 0 Å². The van der Waals surface area contributed by atoms with Crippen molar-refractivity contribution in [1.82, 2.24) is 0 Å². The number of ether oxygens (including phenoxy) is 1. The second kappa shape index (κ2) is 6.63. The van der Waals surface area contributed by atoms with Crippen LogP contribution < -0.4 is 0 Å². The van der Waals surface area contributed by atoms with Gasteiger partial charge in [-0.1, -0.05) is 38.3 Å². The fraction of sp³-hybridized carbons (Fsp3) is 0.750. The standard InChI is InChI=1S/C12H20O2/c1-2-3-4-5-6-7-8-11-9-10-14-12(11)13/h7-8,11H,2-6,9-10H2,1H3/b8-7+. The molecule has 14 heavy (non-hydrogen) atoms. The third-order valence-corrected chi connectivity index (χ3v) is 2.57. The van der Waals surface area contributed by atoms with Gasteiger partial charge in [-0.2, -0.15) is 0 Å². The maximum Gasteiger partial charge on any atom is 0.312 e. The van der Waals surface area contributed by atoms with Crippen LogP contribution in [-0.4, -0.2) is 12.6 Å². The van der Waals surface area contributed by atoms with Crippen LogP contribution in [0.25, 0.3) is 0 Å². The Bertz CT molecular complexity index is 196. The Balaban J connectivity index is 2.05. The largest absolute Gasteiger partial charge is 0.465 e. The number of hydrogen-bond acceptors (Lipinski definition) is 2. The van der Waals surface area contributed by atoms with Crippen molar-refractivity contribution in [2.45, 2.75) is 45.4 Å². The molecule has 0 amide bonds. The first kappa shape index (κ1) is 11.3. The molecule has 0 saturated carbocycles. The van der Waals surface area contributed by atoms with Crippen molar-refractivity contribution in [3.8, 4) is 0 Å². The lowest BCUT2D eigenvalue weighted by molar-refractivity contribution is -0.140. The minimum absolute atomic E-state index is 0.0428. The lowest BCUT2D eigenvalue weighted by Crippen LogP contribution is -2.03. The molecule has 0 aromatic carbocycles. The van der Waals surface area contributed by atoms with Gasteiger partial charge >= 0.3 is 5.97 Å². The minimum Gasteiger partial charge on any atom is -0.465 e. The van der Waals surface area contributed by atoms with Crippen LogP contribution in [-0.2, 0) is 9.53 Å². The molecular formula is C12H20O2. The normalized spacial score (nSPS) is 21.8. The van der Waals surface area contributed by atoms with Crippen molar-refractivity contribution in [1.29, 1.82) is 0 Å². The topological polar surface area (TPSA) is 26.3 Å². The predicted octanol–water partition coefficient (Wildman–Crippen LogP) is 3.08. The van der Waals surface area contributed by atoms with Crippen LogP contribution in [0.4, 0.5) is 0 Å². The van der Waals surface area contributed by atoms with E-state index < -0.39 is 0 Å². The van der Waals surface area contributed by atoms with Crippen LogP contribution >= 0.6 is 0 Å². The average Bonchev–Trinajstić information content (AvgIpc) is 2.58. The molecule has 0 N–H and O–H groups in total. The molecular weight excluding hydrogens is 176 g/mol. The van der Waals surface area contributed by atoms with Crippen molar-refractivity contribution in [2.75, 3.05) is 6.61 Å². The molecule has 0 aromatic heterocycles. The molecule has 1 aliphatic heterocycles. The Kier molecular flexibility index (Phi) is 5.35. The van der Waals surface area contributed by atoms with Gasteiger partial charge in [0.05, 0.1) is 12.5 Å². The first-order valence-electron chi connectivity index (χ1n) is 5.68. The Labute approximate surface area is 86.3 Å². The highest BCUT2D eigenvalue weighted by atomic mass is 16.5. The lowest BCUT2D eigenvalue weighted by atomic mass is 10.1. The number of carbonyl (C=O) groups excluding carboxylic acids is 1. The van der Waals surface area contributed by atoms with E-state index in [4.69, 9.17) is 4.74 Å². The van der Waals surface area contributed by atoms with Crippen molar-refractivity contribution in [3.05, 3.63) is 12.2 Å². The predicted molar refractivity (Wildman–Crippen MR) is 57.0 cm³/mol. The second-order valence-electron chi connectivity index (χ2n) is 3.84. The van der Waals surface area contributed by atoms with Crippen molar-refractivity contribution < 1.29 is 9.53 Å². The van der Waals surface area contributed by atoms with Gasteiger partial charge in [-0.3, -0.25) is 4.79 Å². The summed E-state index contributed by atoms with van der Waals surface area (Å²) in [5, 5.41) is 0. The summed E-state index contributed by atoms with van der Waals surface area (Å²) in [7, 11) is 0. The van der Waals surface area contributed by atoms with E-state index in [1.807, 2.05) is 6.08 Å². The molecule has 2 nitrogen and oxygen atoms in total. The molecule has 0 aromatic rings. The number of rotatable bonds is 6. The lowest BCUT2D eigenvalue weighted by Gasteiger charge is -1.97. The van der Waals surface area contributed by atoms with Crippen LogP contribution in [0.1, 0.15) is 45.4 Å². The maximum atomic E-state index is 11.1. The van der Waals surface area contributed by atoms with Gasteiger partial charge in [0.15, 0.2) is 0 Å². The Morgan fingerprint density at radius 1 is 1.43 bits per heavy atom. The number of cyclic esters (lactones) is 1. The number of hydrogen-bond donors (Lipinski definition) is 0. The van der Waals surface area contributed by atoms with Gasteiger partial charge in [-0.25, -0.2) is 0 Å². The van der Waals surface area contributed by atoms with E-state index in [0.717, 1.165) is 12.8 Å². The summed E-state index contributed by atoms with van der Waals surface area (Å²) in [6.07, 6.45) is 11.3. The summed E-state index contributed by atoms with van der Waals surface area (Å²) in [4.78, 5) is 11.1.